The van der Waals surface area contributed by atoms with Crippen LogP contribution >= 0.6 is 11.6 Å². The van der Waals surface area contributed by atoms with Crippen molar-refractivity contribution in [2.75, 3.05) is 0 Å². The van der Waals surface area contributed by atoms with E-state index in [1.54, 1.807) is 4.68 Å². The predicted octanol–water partition coefficient (Wildman–Crippen LogP) is 3.59. The Labute approximate surface area is 112 Å². The van der Waals surface area contributed by atoms with Crippen LogP contribution in [-0.4, -0.2) is 14.9 Å². The molecular formula is C14H17ClN2O. The third-order valence-corrected chi connectivity index (χ3v) is 3.66. The van der Waals surface area contributed by atoms with Crippen molar-refractivity contribution in [1.29, 1.82) is 0 Å². The molecule has 0 bridgehead atoms. The normalized spacial score (nSPS) is 12.7. The van der Waals surface area contributed by atoms with Gasteiger partial charge >= 0.3 is 0 Å². The van der Waals surface area contributed by atoms with Gasteiger partial charge in [0.1, 0.15) is 0 Å². The van der Waals surface area contributed by atoms with Gasteiger partial charge in [-0.15, -0.1) is 0 Å². The van der Waals surface area contributed by atoms with Gasteiger partial charge in [-0.05, 0) is 26.3 Å². The highest BCUT2D eigenvalue weighted by atomic mass is 35.5. The molecule has 2 aromatic rings. The zero-order valence-corrected chi connectivity index (χ0v) is 11.6. The van der Waals surface area contributed by atoms with Gasteiger partial charge in [-0.2, -0.15) is 5.10 Å². The number of aromatic nitrogens is 2. The molecule has 0 aliphatic carbocycles. The Balaban J connectivity index is 2.60. The number of halogens is 1. The molecule has 0 aliphatic heterocycles. The Morgan fingerprint density at radius 2 is 2.00 bits per heavy atom. The van der Waals surface area contributed by atoms with E-state index in [-0.39, 0.29) is 0 Å². The lowest BCUT2D eigenvalue weighted by molar-refractivity contribution is 0.173. The van der Waals surface area contributed by atoms with Crippen molar-refractivity contribution < 1.29 is 5.11 Å². The second-order valence-corrected chi connectivity index (χ2v) is 4.76. The summed E-state index contributed by atoms with van der Waals surface area (Å²) in [5.41, 5.74) is 3.46. The van der Waals surface area contributed by atoms with Crippen LogP contribution in [0.1, 0.15) is 36.4 Å². The van der Waals surface area contributed by atoms with E-state index in [2.05, 4.69) is 5.10 Å². The first-order valence-corrected chi connectivity index (χ1v) is 6.43. The molecule has 1 unspecified atom stereocenters. The first-order valence-electron chi connectivity index (χ1n) is 6.05. The van der Waals surface area contributed by atoms with Crippen molar-refractivity contribution in [1.82, 2.24) is 9.78 Å². The molecule has 0 fully saturated rings. The number of para-hydroxylation sites is 1. The average Bonchev–Trinajstić information content (AvgIpc) is 2.65. The first kappa shape index (κ1) is 13.1. The molecule has 1 heterocycles. The minimum atomic E-state index is -0.483. The summed E-state index contributed by atoms with van der Waals surface area (Å²) in [6.07, 6.45) is 0.188. The van der Waals surface area contributed by atoms with Gasteiger partial charge in [0.25, 0.3) is 0 Å². The molecule has 0 saturated carbocycles. The van der Waals surface area contributed by atoms with Gasteiger partial charge < -0.3 is 5.11 Å². The molecule has 1 aromatic carbocycles. The summed E-state index contributed by atoms with van der Waals surface area (Å²) >= 11 is 6.17. The Hall–Kier alpha value is -1.32. The molecule has 0 saturated heterocycles. The van der Waals surface area contributed by atoms with Gasteiger partial charge in [0.2, 0.25) is 0 Å². The molecule has 0 amide bonds. The summed E-state index contributed by atoms with van der Waals surface area (Å²) in [4.78, 5) is 0. The van der Waals surface area contributed by atoms with Crippen molar-refractivity contribution in [2.45, 2.75) is 33.3 Å². The van der Waals surface area contributed by atoms with Crippen LogP contribution in [0, 0.1) is 13.8 Å². The number of benzene rings is 1. The molecule has 1 aromatic heterocycles. The third kappa shape index (κ3) is 2.16. The molecule has 0 aliphatic rings. The number of hydrogen-bond donors (Lipinski definition) is 1. The second-order valence-electron chi connectivity index (χ2n) is 4.38. The summed E-state index contributed by atoms with van der Waals surface area (Å²) in [6, 6.07) is 7.73. The van der Waals surface area contributed by atoms with E-state index >= 15 is 0 Å². The van der Waals surface area contributed by atoms with E-state index in [0.717, 1.165) is 22.6 Å². The Morgan fingerprint density at radius 1 is 1.33 bits per heavy atom. The maximum Gasteiger partial charge on any atom is 0.0848 e. The van der Waals surface area contributed by atoms with Gasteiger partial charge in [0.05, 0.1) is 28.2 Å². The lowest BCUT2D eigenvalue weighted by Gasteiger charge is -2.15. The van der Waals surface area contributed by atoms with Crippen molar-refractivity contribution in [3.05, 3.63) is 46.2 Å². The van der Waals surface area contributed by atoms with Crippen molar-refractivity contribution in [3.8, 4) is 5.69 Å². The fourth-order valence-corrected chi connectivity index (χ4v) is 2.16. The van der Waals surface area contributed by atoms with Crippen LogP contribution in [0.4, 0.5) is 0 Å². The number of aliphatic hydroxyl groups excluding tert-OH is 1. The summed E-state index contributed by atoms with van der Waals surface area (Å²) in [7, 11) is 0. The van der Waals surface area contributed by atoms with Crippen LogP contribution in [-0.2, 0) is 0 Å². The topological polar surface area (TPSA) is 38.0 Å². The summed E-state index contributed by atoms with van der Waals surface area (Å²) < 4.78 is 1.80. The van der Waals surface area contributed by atoms with Gasteiger partial charge in [0.15, 0.2) is 0 Å². The fourth-order valence-electron chi connectivity index (χ4n) is 2.04. The highest BCUT2D eigenvalue weighted by Gasteiger charge is 2.16. The van der Waals surface area contributed by atoms with Crippen LogP contribution < -0.4 is 0 Å². The van der Waals surface area contributed by atoms with Crippen LogP contribution in [0.25, 0.3) is 5.69 Å². The Morgan fingerprint density at radius 3 is 2.56 bits per heavy atom. The number of aliphatic hydroxyl groups is 1. The van der Waals surface area contributed by atoms with Crippen LogP contribution in [0.15, 0.2) is 24.3 Å². The predicted molar refractivity (Wildman–Crippen MR) is 73.3 cm³/mol. The zero-order chi connectivity index (χ0) is 13.3. The van der Waals surface area contributed by atoms with E-state index < -0.39 is 6.10 Å². The van der Waals surface area contributed by atoms with Crippen molar-refractivity contribution >= 4 is 11.6 Å². The van der Waals surface area contributed by atoms with E-state index in [0.29, 0.717) is 11.4 Å². The van der Waals surface area contributed by atoms with Gasteiger partial charge in [-0.3, -0.25) is 0 Å². The quantitative estimate of drug-likeness (QED) is 0.920. The van der Waals surface area contributed by atoms with Crippen molar-refractivity contribution in [2.24, 2.45) is 0 Å². The molecule has 4 heteroatoms. The maximum absolute atomic E-state index is 10.1. The Bertz CT molecular complexity index is 563. The van der Waals surface area contributed by atoms with Crippen LogP contribution in [0.3, 0.4) is 0 Å². The molecule has 0 spiro atoms. The van der Waals surface area contributed by atoms with Gasteiger partial charge in [-0.1, -0.05) is 36.7 Å². The Kier molecular flexibility index (Phi) is 3.73. The van der Waals surface area contributed by atoms with E-state index in [1.807, 2.05) is 45.0 Å². The smallest absolute Gasteiger partial charge is 0.0848 e. The number of hydrogen-bond acceptors (Lipinski definition) is 2. The average molecular weight is 265 g/mol. The van der Waals surface area contributed by atoms with Gasteiger partial charge in [0, 0.05) is 5.56 Å². The van der Waals surface area contributed by atoms with Gasteiger partial charge in [-0.25, -0.2) is 4.68 Å². The standard InChI is InChI=1S/C14H17ClN2O/c1-4-13(18)11-7-5-6-8-12(11)17-10(3)14(15)9(2)16-17/h5-8,13,18H,4H2,1-3H3. The monoisotopic (exact) mass is 264 g/mol. The summed E-state index contributed by atoms with van der Waals surface area (Å²) in [6.45, 7) is 5.76. The third-order valence-electron chi connectivity index (χ3n) is 3.11. The highest BCUT2D eigenvalue weighted by molar-refractivity contribution is 6.31. The first-order chi connectivity index (χ1) is 8.56. The number of aryl methyl sites for hydroxylation is 1. The van der Waals surface area contributed by atoms with Crippen molar-refractivity contribution in [3.63, 3.8) is 0 Å². The molecule has 3 nitrogen and oxygen atoms in total. The molecule has 1 N–H and O–H groups in total. The minimum Gasteiger partial charge on any atom is -0.388 e. The molecule has 0 radical (unpaired) electrons. The number of rotatable bonds is 3. The summed E-state index contributed by atoms with van der Waals surface area (Å²) in [5.74, 6) is 0. The lowest BCUT2D eigenvalue weighted by Crippen LogP contribution is -2.06. The zero-order valence-electron chi connectivity index (χ0n) is 10.8. The van der Waals surface area contributed by atoms with Crippen LogP contribution in [0.2, 0.25) is 5.02 Å². The maximum atomic E-state index is 10.1. The van der Waals surface area contributed by atoms with Crippen LogP contribution in [0.5, 0.6) is 0 Å². The molecule has 96 valence electrons. The minimum absolute atomic E-state index is 0.483. The van der Waals surface area contributed by atoms with E-state index in [4.69, 9.17) is 11.6 Å². The largest absolute Gasteiger partial charge is 0.388 e. The molecule has 1 atom stereocenters. The molecular weight excluding hydrogens is 248 g/mol. The molecule has 2 rings (SSSR count). The summed E-state index contributed by atoms with van der Waals surface area (Å²) in [5, 5.41) is 15.2. The highest BCUT2D eigenvalue weighted by Crippen LogP contribution is 2.28. The second kappa shape index (κ2) is 5.12. The molecule has 18 heavy (non-hydrogen) atoms. The number of nitrogens with zero attached hydrogens (tertiary/aromatic N) is 2. The van der Waals surface area contributed by atoms with E-state index in [9.17, 15) is 5.11 Å². The van der Waals surface area contributed by atoms with E-state index in [1.165, 1.54) is 0 Å². The lowest BCUT2D eigenvalue weighted by atomic mass is 10.1. The fraction of sp³-hybridized carbons (Fsp3) is 0.357. The SMILES string of the molecule is CCC(O)c1ccccc1-n1nc(C)c(Cl)c1C.